The third-order valence-electron chi connectivity index (χ3n) is 6.15. The van der Waals surface area contributed by atoms with Gasteiger partial charge in [-0.3, -0.25) is 15.2 Å². The van der Waals surface area contributed by atoms with E-state index in [9.17, 15) is 4.79 Å². The lowest BCUT2D eigenvalue weighted by Gasteiger charge is -2.37. The molecule has 11 heteroatoms. The zero-order valence-corrected chi connectivity index (χ0v) is 20.8. The number of rotatable bonds is 5. The van der Waals surface area contributed by atoms with Crippen molar-refractivity contribution in [2.75, 3.05) is 41.3 Å². The van der Waals surface area contributed by atoms with Crippen molar-refractivity contribution < 1.29 is 4.79 Å². The van der Waals surface area contributed by atoms with Gasteiger partial charge in [-0.25, -0.2) is 15.0 Å². The number of thiazole rings is 1. The highest BCUT2D eigenvalue weighted by Gasteiger charge is 2.21. The van der Waals surface area contributed by atoms with Crippen molar-refractivity contribution in [3.63, 3.8) is 0 Å². The molecule has 0 radical (unpaired) electrons. The van der Waals surface area contributed by atoms with E-state index in [-0.39, 0.29) is 18.3 Å². The molecule has 1 aliphatic heterocycles. The van der Waals surface area contributed by atoms with Gasteiger partial charge in [0.25, 0.3) is 5.91 Å². The molecule has 1 amide bonds. The van der Waals surface area contributed by atoms with Crippen LogP contribution in [0.1, 0.15) is 10.4 Å². The number of nitrogens with one attached hydrogen (secondary N) is 2. The van der Waals surface area contributed by atoms with Crippen molar-refractivity contribution in [2.45, 2.75) is 0 Å². The minimum atomic E-state index is -0.152. The van der Waals surface area contributed by atoms with Crippen LogP contribution in [0.4, 0.5) is 16.6 Å². The number of amides is 1. The SMILES string of the molecule is Cl.O=C(Nc1nccs1)c1cccc(N2CCN(c3ncnc4ccc(-c5cn[nH]c5)cc34)CC2)c1. The van der Waals surface area contributed by atoms with E-state index in [0.717, 1.165) is 59.7 Å². The van der Waals surface area contributed by atoms with E-state index in [4.69, 9.17) is 0 Å². The van der Waals surface area contributed by atoms with Gasteiger partial charge in [0, 0.05) is 66.2 Å². The van der Waals surface area contributed by atoms with Crippen LogP contribution in [-0.4, -0.2) is 57.2 Å². The highest BCUT2D eigenvalue weighted by Crippen LogP contribution is 2.29. The summed E-state index contributed by atoms with van der Waals surface area (Å²) in [5.41, 5.74) is 4.68. The van der Waals surface area contributed by atoms with Crippen molar-refractivity contribution in [3.8, 4) is 11.1 Å². The normalized spacial score (nSPS) is 13.4. The molecular formula is C25H23ClN8OS. The van der Waals surface area contributed by atoms with Gasteiger partial charge in [-0.1, -0.05) is 12.1 Å². The first-order valence-corrected chi connectivity index (χ1v) is 12.2. The zero-order chi connectivity index (χ0) is 23.6. The van der Waals surface area contributed by atoms with Crippen LogP contribution in [-0.2, 0) is 0 Å². The zero-order valence-electron chi connectivity index (χ0n) is 19.2. The van der Waals surface area contributed by atoms with Gasteiger partial charge in [0.1, 0.15) is 12.1 Å². The van der Waals surface area contributed by atoms with Gasteiger partial charge in [0.15, 0.2) is 5.13 Å². The predicted molar refractivity (Wildman–Crippen MR) is 145 cm³/mol. The maximum absolute atomic E-state index is 12.6. The number of nitrogens with zero attached hydrogens (tertiary/aromatic N) is 6. The number of aromatic nitrogens is 5. The summed E-state index contributed by atoms with van der Waals surface area (Å²) in [6.45, 7) is 3.28. The number of carbonyl (C=O) groups excluding carboxylic acids is 1. The maximum atomic E-state index is 12.6. The minimum Gasteiger partial charge on any atom is -0.368 e. The fraction of sp³-hybridized carbons (Fsp3) is 0.160. The molecule has 1 saturated heterocycles. The summed E-state index contributed by atoms with van der Waals surface area (Å²) in [6, 6.07) is 14.0. The topological polar surface area (TPSA) is 103 Å². The minimum absolute atomic E-state index is 0. The van der Waals surface area contributed by atoms with E-state index in [2.05, 4.69) is 52.4 Å². The molecule has 0 bridgehead atoms. The Morgan fingerprint density at radius 2 is 1.83 bits per heavy atom. The van der Waals surface area contributed by atoms with Gasteiger partial charge < -0.3 is 9.80 Å². The van der Waals surface area contributed by atoms with Crippen molar-refractivity contribution in [2.24, 2.45) is 0 Å². The Kier molecular flexibility index (Phi) is 6.79. The average Bonchev–Trinajstić information content (AvgIpc) is 3.63. The molecule has 0 aliphatic carbocycles. The quantitative estimate of drug-likeness (QED) is 0.353. The standard InChI is InChI=1S/C25H22N8OS.ClH/c34-24(31-25-26-6-11-35-25)18-2-1-3-20(12-18)32-7-9-33(10-8-32)23-21-13-17(19-14-29-30-15-19)4-5-22(21)27-16-28-23;/h1-6,11-16H,7-10H2,(H,29,30)(H,26,31,34);1H. The van der Waals surface area contributed by atoms with Gasteiger partial charge in [-0.15, -0.1) is 23.7 Å². The molecule has 2 aromatic carbocycles. The first-order valence-electron chi connectivity index (χ1n) is 11.3. The van der Waals surface area contributed by atoms with Crippen molar-refractivity contribution in [3.05, 3.63) is 78.3 Å². The molecule has 5 aromatic rings. The van der Waals surface area contributed by atoms with Crippen LogP contribution in [0.3, 0.4) is 0 Å². The Morgan fingerprint density at radius 1 is 0.972 bits per heavy atom. The second kappa shape index (κ2) is 10.3. The van der Waals surface area contributed by atoms with Gasteiger partial charge in [-0.05, 0) is 35.9 Å². The van der Waals surface area contributed by atoms with E-state index >= 15 is 0 Å². The number of hydrogen-bond donors (Lipinski definition) is 2. The molecule has 36 heavy (non-hydrogen) atoms. The lowest BCUT2D eigenvalue weighted by molar-refractivity contribution is 0.102. The first kappa shape index (κ1) is 23.7. The van der Waals surface area contributed by atoms with Gasteiger partial charge in [-0.2, -0.15) is 5.10 Å². The van der Waals surface area contributed by atoms with Crippen LogP contribution < -0.4 is 15.1 Å². The van der Waals surface area contributed by atoms with Crippen LogP contribution in [0.2, 0.25) is 0 Å². The molecule has 0 spiro atoms. The van der Waals surface area contributed by atoms with E-state index < -0.39 is 0 Å². The van der Waals surface area contributed by atoms with Gasteiger partial charge >= 0.3 is 0 Å². The number of hydrogen-bond acceptors (Lipinski definition) is 8. The smallest absolute Gasteiger partial charge is 0.257 e. The summed E-state index contributed by atoms with van der Waals surface area (Å²) in [6.07, 6.45) is 7.00. The lowest BCUT2D eigenvalue weighted by Crippen LogP contribution is -2.47. The number of H-pyrrole nitrogens is 1. The highest BCUT2D eigenvalue weighted by molar-refractivity contribution is 7.13. The predicted octanol–water partition coefficient (Wildman–Crippen LogP) is 4.48. The molecule has 1 aliphatic rings. The molecule has 0 saturated carbocycles. The summed E-state index contributed by atoms with van der Waals surface area (Å²) in [5, 5.41) is 13.3. The summed E-state index contributed by atoms with van der Waals surface area (Å²) < 4.78 is 0. The molecule has 2 N–H and O–H groups in total. The molecule has 0 atom stereocenters. The number of benzene rings is 2. The molecule has 6 rings (SSSR count). The number of piperazine rings is 1. The third kappa shape index (κ3) is 4.73. The Bertz CT molecular complexity index is 1470. The lowest BCUT2D eigenvalue weighted by atomic mass is 10.1. The third-order valence-corrected chi connectivity index (χ3v) is 6.84. The number of anilines is 3. The van der Waals surface area contributed by atoms with Crippen LogP contribution in [0.25, 0.3) is 22.0 Å². The number of halogens is 1. The Labute approximate surface area is 217 Å². The van der Waals surface area contributed by atoms with E-state index in [1.165, 1.54) is 11.3 Å². The first-order chi connectivity index (χ1) is 17.2. The Hall–Kier alpha value is -4.02. The summed E-state index contributed by atoms with van der Waals surface area (Å²) in [5.74, 6) is 0.790. The largest absolute Gasteiger partial charge is 0.368 e. The Morgan fingerprint density at radius 3 is 2.61 bits per heavy atom. The van der Waals surface area contributed by atoms with E-state index in [1.807, 2.05) is 48.1 Å². The fourth-order valence-corrected chi connectivity index (χ4v) is 4.88. The highest BCUT2D eigenvalue weighted by atomic mass is 35.5. The van der Waals surface area contributed by atoms with E-state index in [0.29, 0.717) is 10.7 Å². The monoisotopic (exact) mass is 518 g/mol. The molecule has 3 aromatic heterocycles. The summed E-state index contributed by atoms with van der Waals surface area (Å²) in [7, 11) is 0. The fourth-order valence-electron chi connectivity index (χ4n) is 4.36. The van der Waals surface area contributed by atoms with Crippen LogP contribution >= 0.6 is 23.7 Å². The van der Waals surface area contributed by atoms with Gasteiger partial charge in [0.2, 0.25) is 0 Å². The summed E-state index contributed by atoms with van der Waals surface area (Å²) >= 11 is 1.40. The second-order valence-corrected chi connectivity index (χ2v) is 9.13. The molecule has 9 nitrogen and oxygen atoms in total. The molecule has 1 fully saturated rings. The molecular weight excluding hydrogens is 496 g/mol. The van der Waals surface area contributed by atoms with Crippen LogP contribution in [0, 0.1) is 0 Å². The summed E-state index contributed by atoms with van der Waals surface area (Å²) in [4.78, 5) is 30.5. The number of fused-ring (bicyclic) bond motifs is 1. The molecule has 182 valence electrons. The van der Waals surface area contributed by atoms with Crippen LogP contribution in [0.5, 0.6) is 0 Å². The van der Waals surface area contributed by atoms with Crippen molar-refractivity contribution >= 4 is 57.2 Å². The van der Waals surface area contributed by atoms with Gasteiger partial charge in [0.05, 0.1) is 11.7 Å². The Balaban J connectivity index is 0.00000267. The number of aromatic amines is 1. The number of carbonyl (C=O) groups is 1. The maximum Gasteiger partial charge on any atom is 0.257 e. The van der Waals surface area contributed by atoms with Crippen LogP contribution in [0.15, 0.2) is 72.8 Å². The second-order valence-electron chi connectivity index (χ2n) is 8.23. The average molecular weight is 519 g/mol. The van der Waals surface area contributed by atoms with Crippen molar-refractivity contribution in [1.82, 2.24) is 25.1 Å². The molecule has 4 heterocycles. The molecule has 0 unspecified atom stereocenters. The van der Waals surface area contributed by atoms with E-state index in [1.54, 1.807) is 12.5 Å². The van der Waals surface area contributed by atoms with Crippen molar-refractivity contribution in [1.29, 1.82) is 0 Å².